The first kappa shape index (κ1) is 14.5. The van der Waals surface area contributed by atoms with Gasteiger partial charge in [0.05, 0.1) is 11.2 Å². The molecule has 0 spiro atoms. The van der Waals surface area contributed by atoms with Crippen molar-refractivity contribution in [2.45, 2.75) is 24.4 Å². The molecule has 4 rings (SSSR count). The molecule has 0 unspecified atom stereocenters. The van der Waals surface area contributed by atoms with Crippen LogP contribution in [0.3, 0.4) is 0 Å². The highest BCUT2D eigenvalue weighted by atomic mass is 32.2. The topological polar surface area (TPSA) is 52.2 Å². The lowest BCUT2D eigenvalue weighted by atomic mass is 10.5. The average Bonchev–Trinajstić information content (AvgIpc) is 3.19. The van der Waals surface area contributed by atoms with Gasteiger partial charge in [-0.1, -0.05) is 17.8 Å². The number of pyridine rings is 1. The molecular formula is C16H14N4OS2. The molecule has 4 aromatic rings. The first-order valence-corrected chi connectivity index (χ1v) is 9.16. The zero-order chi connectivity index (χ0) is 15.8. The van der Waals surface area contributed by atoms with E-state index < -0.39 is 0 Å². The lowest BCUT2D eigenvalue weighted by Gasteiger charge is -2.08. The van der Waals surface area contributed by atoms with Crippen LogP contribution in [0.1, 0.15) is 12.6 Å². The van der Waals surface area contributed by atoms with Crippen molar-refractivity contribution in [1.82, 2.24) is 18.9 Å². The molecule has 0 aromatic carbocycles. The number of thioether (sulfide) groups is 1. The molecule has 0 fully saturated rings. The predicted molar refractivity (Wildman–Crippen MR) is 94.3 cm³/mol. The molecular weight excluding hydrogens is 328 g/mol. The van der Waals surface area contributed by atoms with E-state index in [-0.39, 0.29) is 5.56 Å². The Morgan fingerprint density at radius 1 is 1.26 bits per heavy atom. The normalized spacial score (nSPS) is 11.5. The van der Waals surface area contributed by atoms with E-state index in [1.807, 2.05) is 53.4 Å². The Balaban J connectivity index is 1.68. The Morgan fingerprint density at radius 2 is 2.17 bits per heavy atom. The van der Waals surface area contributed by atoms with E-state index in [2.05, 4.69) is 9.97 Å². The van der Waals surface area contributed by atoms with Gasteiger partial charge >= 0.3 is 0 Å². The van der Waals surface area contributed by atoms with Crippen LogP contribution in [0.2, 0.25) is 0 Å². The standard InChI is InChI=1S/C16H14N4OS2/c1-2-20-15(21)14-12(6-8-22-14)18-16(20)23-10-11-9-19-7-4-3-5-13(19)17-11/h3-9H,2,10H2,1H3. The Bertz CT molecular complexity index is 1010. The fourth-order valence-corrected chi connectivity index (χ4v) is 4.23. The molecule has 23 heavy (non-hydrogen) atoms. The summed E-state index contributed by atoms with van der Waals surface area (Å²) in [5.74, 6) is 0.684. The van der Waals surface area contributed by atoms with Crippen LogP contribution in [0, 0.1) is 0 Å². The molecule has 0 amide bonds. The minimum Gasteiger partial charge on any atom is -0.307 e. The summed E-state index contributed by atoms with van der Waals surface area (Å²) in [6, 6.07) is 7.83. The third-order valence-electron chi connectivity index (χ3n) is 3.61. The Morgan fingerprint density at radius 3 is 3.00 bits per heavy atom. The molecule has 116 valence electrons. The Labute approximate surface area is 140 Å². The van der Waals surface area contributed by atoms with Crippen molar-refractivity contribution in [3.05, 3.63) is 58.1 Å². The summed E-state index contributed by atoms with van der Waals surface area (Å²) < 4.78 is 4.46. The van der Waals surface area contributed by atoms with E-state index in [0.717, 1.165) is 26.7 Å². The van der Waals surface area contributed by atoms with Crippen LogP contribution < -0.4 is 5.56 Å². The Kier molecular flexibility index (Phi) is 3.66. The van der Waals surface area contributed by atoms with E-state index in [1.54, 1.807) is 16.3 Å². The van der Waals surface area contributed by atoms with E-state index in [4.69, 9.17) is 0 Å². The number of fused-ring (bicyclic) bond motifs is 2. The molecule has 0 saturated carbocycles. The van der Waals surface area contributed by atoms with Gasteiger partial charge in [-0.15, -0.1) is 11.3 Å². The molecule has 0 bridgehead atoms. The third kappa shape index (κ3) is 2.55. The van der Waals surface area contributed by atoms with Gasteiger partial charge in [-0.2, -0.15) is 0 Å². The van der Waals surface area contributed by atoms with Crippen LogP contribution in [0.5, 0.6) is 0 Å². The van der Waals surface area contributed by atoms with E-state index in [1.165, 1.54) is 11.3 Å². The number of rotatable bonds is 4. The zero-order valence-corrected chi connectivity index (χ0v) is 14.1. The van der Waals surface area contributed by atoms with Gasteiger partial charge < -0.3 is 4.40 Å². The summed E-state index contributed by atoms with van der Waals surface area (Å²) in [5.41, 5.74) is 2.73. The molecule has 0 aliphatic heterocycles. The molecule has 5 nitrogen and oxygen atoms in total. The second kappa shape index (κ2) is 5.82. The maximum absolute atomic E-state index is 12.5. The van der Waals surface area contributed by atoms with Crippen molar-refractivity contribution >= 4 is 39.0 Å². The molecule has 0 N–H and O–H groups in total. The highest BCUT2D eigenvalue weighted by molar-refractivity contribution is 7.98. The van der Waals surface area contributed by atoms with Crippen molar-refractivity contribution in [3.63, 3.8) is 0 Å². The van der Waals surface area contributed by atoms with E-state index >= 15 is 0 Å². The maximum atomic E-state index is 12.5. The summed E-state index contributed by atoms with van der Waals surface area (Å²) in [4.78, 5) is 21.7. The molecule has 0 aliphatic rings. The van der Waals surface area contributed by atoms with Crippen LogP contribution in [-0.2, 0) is 12.3 Å². The highest BCUT2D eigenvalue weighted by Crippen LogP contribution is 2.23. The molecule has 0 radical (unpaired) electrons. The van der Waals surface area contributed by atoms with E-state index in [9.17, 15) is 4.79 Å². The fraction of sp³-hybridized carbons (Fsp3) is 0.188. The number of thiophene rings is 1. The van der Waals surface area contributed by atoms with Gasteiger partial charge in [-0.25, -0.2) is 9.97 Å². The van der Waals surface area contributed by atoms with Crippen LogP contribution in [0.15, 0.2) is 52.0 Å². The number of imidazole rings is 1. The van der Waals surface area contributed by atoms with Gasteiger partial charge in [0.25, 0.3) is 5.56 Å². The molecule has 4 heterocycles. The summed E-state index contributed by atoms with van der Waals surface area (Å²) in [7, 11) is 0. The SMILES string of the molecule is CCn1c(SCc2cn3ccccc3n2)nc2ccsc2c1=O. The van der Waals surface area contributed by atoms with Gasteiger partial charge in [0.2, 0.25) is 0 Å². The largest absolute Gasteiger partial charge is 0.307 e. The van der Waals surface area contributed by atoms with Gasteiger partial charge in [0.15, 0.2) is 5.16 Å². The summed E-state index contributed by atoms with van der Waals surface area (Å²) >= 11 is 3.00. The van der Waals surface area contributed by atoms with Crippen molar-refractivity contribution in [3.8, 4) is 0 Å². The summed E-state index contributed by atoms with van der Waals surface area (Å²) in [5, 5.41) is 2.66. The first-order chi connectivity index (χ1) is 11.3. The maximum Gasteiger partial charge on any atom is 0.272 e. The zero-order valence-electron chi connectivity index (χ0n) is 12.5. The minimum absolute atomic E-state index is 0.0463. The molecule has 4 aromatic heterocycles. The minimum atomic E-state index is 0.0463. The third-order valence-corrected chi connectivity index (χ3v) is 5.51. The van der Waals surface area contributed by atoms with Gasteiger partial charge in [0.1, 0.15) is 10.3 Å². The van der Waals surface area contributed by atoms with Crippen molar-refractivity contribution < 1.29 is 0 Å². The summed E-state index contributed by atoms with van der Waals surface area (Å²) in [6.07, 6.45) is 3.99. The number of hydrogen-bond acceptors (Lipinski definition) is 5. The highest BCUT2D eigenvalue weighted by Gasteiger charge is 2.12. The van der Waals surface area contributed by atoms with Gasteiger partial charge in [-0.3, -0.25) is 9.36 Å². The van der Waals surface area contributed by atoms with Gasteiger partial charge in [-0.05, 0) is 30.5 Å². The van der Waals surface area contributed by atoms with Crippen LogP contribution in [0.25, 0.3) is 15.9 Å². The fourth-order valence-electron chi connectivity index (χ4n) is 2.51. The second-order valence-electron chi connectivity index (χ2n) is 5.07. The lowest BCUT2D eigenvalue weighted by Crippen LogP contribution is -2.21. The molecule has 7 heteroatoms. The van der Waals surface area contributed by atoms with Crippen LogP contribution in [-0.4, -0.2) is 18.9 Å². The number of aromatic nitrogens is 4. The van der Waals surface area contributed by atoms with Crippen molar-refractivity contribution in [2.24, 2.45) is 0 Å². The second-order valence-corrected chi connectivity index (χ2v) is 6.92. The first-order valence-electron chi connectivity index (χ1n) is 7.29. The van der Waals surface area contributed by atoms with Gasteiger partial charge in [0, 0.05) is 24.7 Å². The lowest BCUT2D eigenvalue weighted by molar-refractivity contribution is 0.635. The summed E-state index contributed by atoms with van der Waals surface area (Å²) in [6.45, 7) is 2.59. The monoisotopic (exact) mass is 342 g/mol. The van der Waals surface area contributed by atoms with Crippen molar-refractivity contribution in [2.75, 3.05) is 0 Å². The van der Waals surface area contributed by atoms with Crippen molar-refractivity contribution in [1.29, 1.82) is 0 Å². The smallest absolute Gasteiger partial charge is 0.272 e. The molecule has 0 saturated heterocycles. The predicted octanol–water partition coefficient (Wildman–Crippen LogP) is 3.42. The van der Waals surface area contributed by atoms with Crippen LogP contribution in [0.4, 0.5) is 0 Å². The van der Waals surface area contributed by atoms with E-state index in [0.29, 0.717) is 12.3 Å². The number of hydrogen-bond donors (Lipinski definition) is 0. The molecule has 0 aliphatic carbocycles. The Hall–Kier alpha value is -2.12. The molecule has 0 atom stereocenters. The average molecular weight is 342 g/mol. The number of nitrogens with zero attached hydrogens (tertiary/aromatic N) is 4. The van der Waals surface area contributed by atoms with Crippen LogP contribution >= 0.6 is 23.1 Å². The quantitative estimate of drug-likeness (QED) is 0.421.